The molecule has 10 aliphatic heterocycles. The molecule has 3 nitrogen and oxygen atoms in total. The number of rotatable bonds is 4. The molecule has 10 saturated heterocycles. The van der Waals surface area contributed by atoms with Crippen molar-refractivity contribution in [1.29, 1.82) is 0 Å². The molecular weight excluding hydrogens is 356 g/mol. The maximum atomic E-state index is 13.6. The second kappa shape index (κ2) is 1.13. The number of esters is 1. The van der Waals surface area contributed by atoms with Crippen molar-refractivity contribution in [2.24, 2.45) is 0 Å². The summed E-state index contributed by atoms with van der Waals surface area (Å²) < 4.78 is 5.43. The summed E-state index contributed by atoms with van der Waals surface area (Å²) >= 11 is 0. The first-order chi connectivity index (χ1) is 11.9. The number of ketones is 1. The third-order valence-electron chi connectivity index (χ3n) is 16.9. The Morgan fingerprint density at radius 2 is 1.52 bits per heavy atom. The zero-order valence-electron chi connectivity index (χ0n) is 13.7. The van der Waals surface area contributed by atoms with E-state index in [2.05, 4.69) is 12.1 Å². The average molecular weight is 374 g/mol. The number of carbonyl (C=O) groups excluding carboxylic acids is 2. The summed E-state index contributed by atoms with van der Waals surface area (Å²) in [6.07, 6.45) is 3.92. The molecular formula is C21H18FeO3. The number of benzene rings is 1. The van der Waals surface area contributed by atoms with Crippen molar-refractivity contribution < 1.29 is 20.8 Å². The number of hydrogen-bond acceptors (Lipinski definition) is 3. The third-order valence-corrected chi connectivity index (χ3v) is 59.6. The Bertz CT molecular complexity index is 1470. The number of hydrogen-bond donors (Lipinski definition) is 0. The number of ether oxygens (including phenoxy) is 1. The van der Waals surface area contributed by atoms with Gasteiger partial charge in [-0.1, -0.05) is 0 Å². The molecule has 128 valence electrons. The van der Waals surface area contributed by atoms with Gasteiger partial charge >= 0.3 is 135 Å². The standard InChI is InChI=1S/C14H11O.C7H7O2.Fe/c15-14(13-8-4-5-9-13)11-10-12-6-2-1-3-7-12;1-9-7(8)6-4-2-3-5-6;/h1-11H;2-5H,1H3;. The van der Waals surface area contributed by atoms with E-state index >= 15 is 0 Å². The molecule has 0 saturated carbocycles. The summed E-state index contributed by atoms with van der Waals surface area (Å²) in [5.41, 5.74) is 1.10. The second-order valence-corrected chi connectivity index (χ2v) is 35.6. The van der Waals surface area contributed by atoms with Gasteiger partial charge in [0.2, 0.25) is 0 Å². The normalized spacial score (nSPS) is 87.6. The van der Waals surface area contributed by atoms with E-state index in [1.165, 1.54) is 0 Å². The van der Waals surface area contributed by atoms with Gasteiger partial charge < -0.3 is 0 Å². The van der Waals surface area contributed by atoms with Crippen LogP contribution in [-0.2, 0) is 20.8 Å². The molecule has 8 unspecified atom stereocenters. The van der Waals surface area contributed by atoms with Crippen LogP contribution in [0.15, 0.2) is 36.4 Å². The Morgan fingerprint density at radius 1 is 0.960 bits per heavy atom. The van der Waals surface area contributed by atoms with Crippen LogP contribution in [0.25, 0.3) is 6.08 Å². The Labute approximate surface area is 135 Å². The van der Waals surface area contributed by atoms with Crippen LogP contribution in [0, 0.1) is 0 Å². The van der Waals surface area contributed by atoms with Gasteiger partial charge in [0.15, 0.2) is 0 Å². The molecule has 1 aromatic carbocycles. The van der Waals surface area contributed by atoms with Crippen molar-refractivity contribution >= 4 is 17.8 Å². The summed E-state index contributed by atoms with van der Waals surface area (Å²) in [7, 11) is 1.58. The van der Waals surface area contributed by atoms with Gasteiger partial charge in [-0.25, -0.2) is 0 Å². The van der Waals surface area contributed by atoms with Crippen LogP contribution in [0.4, 0.5) is 0 Å². The monoisotopic (exact) mass is 374 g/mol. The quantitative estimate of drug-likeness (QED) is 0.441. The molecule has 8 atom stereocenters. The van der Waals surface area contributed by atoms with E-state index in [-0.39, 0.29) is 14.6 Å². The van der Waals surface area contributed by atoms with E-state index in [4.69, 9.17) is 4.74 Å². The van der Waals surface area contributed by atoms with Gasteiger partial charge in [0.1, 0.15) is 0 Å². The molecule has 10 fully saturated rings. The average Bonchev–Trinajstić information content (AvgIpc) is 3.59. The van der Waals surface area contributed by atoms with E-state index in [9.17, 15) is 9.59 Å². The van der Waals surface area contributed by atoms with Crippen molar-refractivity contribution in [1.82, 2.24) is 0 Å². The number of fused-ring (bicyclic) bond motifs is 10. The van der Waals surface area contributed by atoms with Gasteiger partial charge in [-0.3, -0.25) is 0 Å². The molecule has 0 N–H and O–H groups in total. The van der Waals surface area contributed by atoms with Crippen LogP contribution >= 0.6 is 0 Å². The summed E-state index contributed by atoms with van der Waals surface area (Å²) in [5, 5.41) is 0. The van der Waals surface area contributed by atoms with Gasteiger partial charge in [0.05, 0.1) is 0 Å². The Hall–Kier alpha value is -1.38. The molecule has 25 heavy (non-hydrogen) atoms. The number of carbonyl (C=O) groups is 2. The third kappa shape index (κ3) is 0.152. The predicted octanol–water partition coefficient (Wildman–Crippen LogP) is 4.57. The predicted molar refractivity (Wildman–Crippen MR) is 87.9 cm³/mol. The van der Waals surface area contributed by atoms with E-state index in [1.54, 1.807) is 7.11 Å². The van der Waals surface area contributed by atoms with E-state index < -0.39 is 6.51 Å². The van der Waals surface area contributed by atoms with Crippen LogP contribution in [0.5, 0.6) is 0 Å². The Kier molecular flexibility index (Phi) is 0.484. The minimum atomic E-state index is -4.01. The van der Waals surface area contributed by atoms with Gasteiger partial charge in [-0.05, 0) is 0 Å². The molecule has 10 heterocycles. The maximum absolute atomic E-state index is 13.6. The minimum absolute atomic E-state index is 0.0145. The molecule has 1 aromatic rings. The van der Waals surface area contributed by atoms with Gasteiger partial charge in [-0.2, -0.15) is 0 Å². The molecule has 0 radical (unpaired) electrons. The van der Waals surface area contributed by atoms with Crippen molar-refractivity contribution in [2.45, 2.75) is 47.2 Å². The van der Waals surface area contributed by atoms with Crippen LogP contribution in [0.1, 0.15) is 5.56 Å². The van der Waals surface area contributed by atoms with Crippen molar-refractivity contribution in [3.63, 3.8) is 0 Å². The first-order valence-electron chi connectivity index (χ1n) is 9.48. The van der Waals surface area contributed by atoms with Crippen LogP contribution in [0.3, 0.4) is 0 Å². The van der Waals surface area contributed by atoms with Gasteiger partial charge in [0.25, 0.3) is 0 Å². The van der Waals surface area contributed by atoms with Gasteiger partial charge in [-0.15, -0.1) is 0 Å². The Morgan fingerprint density at radius 3 is 2.04 bits per heavy atom. The molecule has 10 aliphatic rings. The summed E-state index contributed by atoms with van der Waals surface area (Å²) in [6, 6.07) is 10.1. The van der Waals surface area contributed by atoms with Crippen molar-refractivity contribution in [2.75, 3.05) is 7.11 Å². The molecule has 0 amide bonds. The summed E-state index contributed by atoms with van der Waals surface area (Å²) in [5.74, 6) is 0.573. The number of methoxy groups -OCH3 is 1. The van der Waals surface area contributed by atoms with Crippen LogP contribution in [0.2, 0.25) is 47.2 Å². The first-order valence-corrected chi connectivity index (χ1v) is 15.7. The van der Waals surface area contributed by atoms with Gasteiger partial charge in [0, 0.05) is 0 Å². The number of allylic oxidation sites excluding steroid dienone is 1. The zero-order valence-corrected chi connectivity index (χ0v) is 14.8. The molecule has 0 aliphatic carbocycles. The topological polar surface area (TPSA) is 43.4 Å². The second-order valence-electron chi connectivity index (χ2n) is 12.4. The molecule has 11 rings (SSSR count). The fourth-order valence-corrected chi connectivity index (χ4v) is 94.0. The van der Waals surface area contributed by atoms with Crippen molar-refractivity contribution in [3.05, 3.63) is 42.0 Å². The fourth-order valence-electron chi connectivity index (χ4n) is 18.8. The van der Waals surface area contributed by atoms with E-state index in [1.807, 2.05) is 30.4 Å². The molecule has 1 spiro atoms. The summed E-state index contributed by atoms with van der Waals surface area (Å²) in [4.78, 5) is 33.2. The van der Waals surface area contributed by atoms with E-state index in [0.717, 1.165) is 44.1 Å². The molecule has 0 bridgehead atoms. The zero-order chi connectivity index (χ0) is 16.3. The first kappa shape index (κ1) is 10.7. The molecule has 0 aromatic heterocycles. The molecule has 4 heteroatoms. The van der Waals surface area contributed by atoms with Crippen LogP contribution < -0.4 is 0 Å². The van der Waals surface area contributed by atoms with Crippen molar-refractivity contribution in [3.8, 4) is 0 Å². The van der Waals surface area contributed by atoms with Crippen LogP contribution in [-0.4, -0.2) is 18.9 Å². The fraction of sp³-hybridized carbons (Fsp3) is 0.524. The van der Waals surface area contributed by atoms with E-state index in [0.29, 0.717) is 5.78 Å². The Balaban J connectivity index is 1.21. The summed E-state index contributed by atoms with van der Waals surface area (Å²) in [6.45, 7) is -4.01. The SMILES string of the molecule is COC(=O)[C]12[CH]3[CH]4[CH]5[CH]1[Fe]45321678[CH]2[CH]1[CH]6[C]7(C(=O)C=Cc1ccccc1)[CH]28.